The molecule has 2 N–H and O–H groups in total. The fourth-order valence-corrected chi connectivity index (χ4v) is 3.91. The summed E-state index contributed by atoms with van der Waals surface area (Å²) >= 11 is 0. The van der Waals surface area contributed by atoms with Gasteiger partial charge in [-0.15, -0.1) is 0 Å². The summed E-state index contributed by atoms with van der Waals surface area (Å²) in [5.41, 5.74) is 2.31. The molecule has 0 spiro atoms. The first-order valence-corrected chi connectivity index (χ1v) is 10.3. The lowest BCUT2D eigenvalue weighted by atomic mass is 9.83. The first-order valence-electron chi connectivity index (χ1n) is 8.74. The molecule has 1 heterocycles. The lowest BCUT2D eigenvalue weighted by Crippen LogP contribution is -2.16. The Labute approximate surface area is 167 Å². The summed E-state index contributed by atoms with van der Waals surface area (Å²) in [5, 5.41) is 5.17. The number of allylic oxidation sites excluding steroid dienone is 1. The van der Waals surface area contributed by atoms with E-state index < -0.39 is 21.8 Å². The molecule has 0 saturated carbocycles. The minimum atomic E-state index is -3.84. The van der Waals surface area contributed by atoms with Crippen LogP contribution in [0.15, 0.2) is 77.7 Å². The lowest BCUT2D eigenvalue weighted by Gasteiger charge is -2.28. The van der Waals surface area contributed by atoms with Crippen molar-refractivity contribution in [2.75, 3.05) is 0 Å². The molecule has 0 bridgehead atoms. The van der Waals surface area contributed by atoms with E-state index in [1.165, 1.54) is 30.3 Å². The number of nitrogens with two attached hydrogens (primary N) is 1. The van der Waals surface area contributed by atoms with Gasteiger partial charge in [0.05, 0.1) is 10.8 Å². The van der Waals surface area contributed by atoms with Gasteiger partial charge in [-0.3, -0.25) is 0 Å². The first-order chi connectivity index (χ1) is 13.9. The van der Waals surface area contributed by atoms with E-state index in [2.05, 4.69) is 0 Å². The van der Waals surface area contributed by atoms with E-state index in [1.54, 1.807) is 12.1 Å². The number of carbonyl (C=O) groups is 1. The van der Waals surface area contributed by atoms with Crippen LogP contribution in [0, 0.1) is 5.82 Å². The fourth-order valence-electron chi connectivity index (χ4n) is 3.40. The Morgan fingerprint density at radius 2 is 1.62 bits per heavy atom. The van der Waals surface area contributed by atoms with Crippen LogP contribution in [0.25, 0.3) is 11.3 Å². The molecular formula is C22H16FNO4S. The first kappa shape index (κ1) is 19.0. The number of rotatable bonds is 4. The number of sulfonamides is 1. The second kappa shape index (κ2) is 7.27. The summed E-state index contributed by atoms with van der Waals surface area (Å²) in [6, 6.07) is 19.1. The van der Waals surface area contributed by atoms with Crippen LogP contribution >= 0.6 is 0 Å². The molecule has 3 aromatic rings. The molecule has 3 aromatic carbocycles. The fraction of sp³-hybridized carbons (Fsp3) is 0.0455. The van der Waals surface area contributed by atoms with Crippen molar-refractivity contribution in [2.45, 2.75) is 10.8 Å². The number of primary sulfonamides is 1. The van der Waals surface area contributed by atoms with Crippen LogP contribution in [0.5, 0.6) is 5.75 Å². The third-order valence-corrected chi connectivity index (χ3v) is 5.67. The number of carbonyl (C=O) groups excluding carboxylic acids is 1. The number of ether oxygens (including phenoxy) is 1. The molecule has 0 fully saturated rings. The van der Waals surface area contributed by atoms with E-state index in [9.17, 15) is 17.6 Å². The summed E-state index contributed by atoms with van der Waals surface area (Å²) in [7, 11) is -3.84. The quantitative estimate of drug-likeness (QED) is 0.666. The Kier molecular flexibility index (Phi) is 4.77. The second-order valence-electron chi connectivity index (χ2n) is 6.58. The van der Waals surface area contributed by atoms with Gasteiger partial charge in [-0.1, -0.05) is 30.3 Å². The van der Waals surface area contributed by atoms with E-state index in [4.69, 9.17) is 9.88 Å². The predicted octanol–water partition coefficient (Wildman–Crippen LogP) is 3.72. The average Bonchev–Trinajstić information content (AvgIpc) is 2.72. The van der Waals surface area contributed by atoms with Gasteiger partial charge in [0.1, 0.15) is 23.6 Å². The molecule has 7 heteroatoms. The number of halogens is 1. The van der Waals surface area contributed by atoms with E-state index in [0.29, 0.717) is 28.2 Å². The highest BCUT2D eigenvalue weighted by atomic mass is 32.2. The molecule has 0 amide bonds. The van der Waals surface area contributed by atoms with E-state index in [0.717, 1.165) is 11.8 Å². The topological polar surface area (TPSA) is 86.5 Å². The Morgan fingerprint density at radius 3 is 2.24 bits per heavy atom. The third-order valence-electron chi connectivity index (χ3n) is 4.74. The van der Waals surface area contributed by atoms with Gasteiger partial charge < -0.3 is 9.53 Å². The zero-order valence-electron chi connectivity index (χ0n) is 15.1. The SMILES string of the molecule is NS(=O)(=O)c1ccc(C2=C(c3ccccc3)C(C=O)c3cc(F)ccc3O2)cc1. The number of benzene rings is 3. The summed E-state index contributed by atoms with van der Waals surface area (Å²) in [6.45, 7) is 0. The van der Waals surface area contributed by atoms with Crippen molar-refractivity contribution in [3.05, 3.63) is 95.3 Å². The van der Waals surface area contributed by atoms with Gasteiger partial charge >= 0.3 is 0 Å². The summed E-state index contributed by atoms with van der Waals surface area (Å²) < 4.78 is 43.0. The van der Waals surface area contributed by atoms with Gasteiger partial charge in [0.25, 0.3) is 0 Å². The Balaban J connectivity index is 1.95. The largest absolute Gasteiger partial charge is 0.456 e. The van der Waals surface area contributed by atoms with Crippen molar-refractivity contribution in [1.29, 1.82) is 0 Å². The van der Waals surface area contributed by atoms with Gasteiger partial charge in [-0.25, -0.2) is 17.9 Å². The monoisotopic (exact) mass is 409 g/mol. The molecule has 146 valence electrons. The van der Waals surface area contributed by atoms with Gasteiger partial charge in [-0.2, -0.15) is 0 Å². The van der Waals surface area contributed by atoms with Gasteiger partial charge in [0.15, 0.2) is 0 Å². The Morgan fingerprint density at radius 1 is 0.931 bits per heavy atom. The van der Waals surface area contributed by atoms with Gasteiger partial charge in [0.2, 0.25) is 10.0 Å². The van der Waals surface area contributed by atoms with Crippen LogP contribution in [0.2, 0.25) is 0 Å². The average molecular weight is 409 g/mol. The van der Waals surface area contributed by atoms with E-state index in [-0.39, 0.29) is 4.90 Å². The minimum Gasteiger partial charge on any atom is -0.456 e. The molecule has 29 heavy (non-hydrogen) atoms. The molecule has 5 nitrogen and oxygen atoms in total. The second-order valence-corrected chi connectivity index (χ2v) is 8.14. The number of hydrogen-bond donors (Lipinski definition) is 1. The van der Waals surface area contributed by atoms with Crippen LogP contribution in [0.4, 0.5) is 4.39 Å². The summed E-state index contributed by atoms with van der Waals surface area (Å²) in [5.74, 6) is -0.445. The highest BCUT2D eigenvalue weighted by Crippen LogP contribution is 2.46. The number of hydrogen-bond acceptors (Lipinski definition) is 4. The minimum absolute atomic E-state index is 0.0340. The molecule has 1 unspecified atom stereocenters. The molecule has 1 aliphatic rings. The molecule has 0 aliphatic carbocycles. The molecule has 4 rings (SSSR count). The normalized spacial score (nSPS) is 16.1. The number of aldehydes is 1. The molecular weight excluding hydrogens is 393 g/mol. The Hall–Kier alpha value is -3.29. The maximum absolute atomic E-state index is 13.9. The van der Waals surface area contributed by atoms with Crippen molar-refractivity contribution in [3.8, 4) is 5.75 Å². The summed E-state index contributed by atoms with van der Waals surface area (Å²) in [4.78, 5) is 12.0. The summed E-state index contributed by atoms with van der Waals surface area (Å²) in [6.07, 6.45) is 0.752. The lowest BCUT2D eigenvalue weighted by molar-refractivity contribution is -0.108. The van der Waals surface area contributed by atoms with Gasteiger partial charge in [0, 0.05) is 16.7 Å². The van der Waals surface area contributed by atoms with Gasteiger partial charge in [-0.05, 0) is 48.0 Å². The maximum atomic E-state index is 13.9. The molecule has 0 aromatic heterocycles. The van der Waals surface area contributed by atoms with Crippen molar-refractivity contribution in [1.82, 2.24) is 0 Å². The Bertz CT molecular complexity index is 1220. The molecule has 1 atom stereocenters. The zero-order valence-corrected chi connectivity index (χ0v) is 15.9. The van der Waals surface area contributed by atoms with Crippen molar-refractivity contribution in [3.63, 3.8) is 0 Å². The molecule has 1 aliphatic heterocycles. The standard InChI is InChI=1S/C22H16FNO4S/c23-16-8-11-20-18(12-16)19(13-25)21(14-4-2-1-3-5-14)22(28-20)15-6-9-17(10-7-15)29(24,26)27/h1-13,19H,(H2,24,26,27). The van der Waals surface area contributed by atoms with Crippen LogP contribution in [0.3, 0.4) is 0 Å². The number of fused-ring (bicyclic) bond motifs is 1. The third kappa shape index (κ3) is 3.57. The molecule has 0 saturated heterocycles. The maximum Gasteiger partial charge on any atom is 0.238 e. The van der Waals surface area contributed by atoms with Crippen LogP contribution in [-0.4, -0.2) is 14.7 Å². The van der Waals surface area contributed by atoms with Crippen LogP contribution in [-0.2, 0) is 14.8 Å². The van der Waals surface area contributed by atoms with E-state index in [1.807, 2.05) is 30.3 Å². The predicted molar refractivity (Wildman–Crippen MR) is 107 cm³/mol. The highest BCUT2D eigenvalue weighted by molar-refractivity contribution is 7.89. The van der Waals surface area contributed by atoms with Crippen LogP contribution in [0.1, 0.15) is 22.6 Å². The van der Waals surface area contributed by atoms with Crippen molar-refractivity contribution < 1.29 is 22.3 Å². The van der Waals surface area contributed by atoms with Crippen molar-refractivity contribution in [2.24, 2.45) is 5.14 Å². The van der Waals surface area contributed by atoms with Crippen LogP contribution < -0.4 is 9.88 Å². The smallest absolute Gasteiger partial charge is 0.238 e. The van der Waals surface area contributed by atoms with Crippen molar-refractivity contribution >= 4 is 27.6 Å². The van der Waals surface area contributed by atoms with E-state index >= 15 is 0 Å². The molecule has 0 radical (unpaired) electrons. The highest BCUT2D eigenvalue weighted by Gasteiger charge is 2.31. The zero-order chi connectivity index (χ0) is 20.6.